The van der Waals surface area contributed by atoms with Crippen molar-refractivity contribution in [3.8, 4) is 0 Å². The molecule has 8 heteroatoms. The van der Waals surface area contributed by atoms with Crippen LogP contribution in [0.15, 0.2) is 24.3 Å². The Bertz CT molecular complexity index is 788. The van der Waals surface area contributed by atoms with Crippen molar-refractivity contribution in [1.82, 2.24) is 10.6 Å². The van der Waals surface area contributed by atoms with Crippen molar-refractivity contribution in [2.75, 3.05) is 30.9 Å². The number of hydrogen-bond acceptors (Lipinski definition) is 4. The molecule has 31 heavy (non-hydrogen) atoms. The molecule has 4 aliphatic rings. The SMILES string of the molecule is COCC(=O)Nc1ccc(NC(=O)CCNC(=O)NC23CC4CC(CC(C4)C2)C3)cc1. The first-order valence-electron chi connectivity index (χ1n) is 11.2. The van der Waals surface area contributed by atoms with Gasteiger partial charge in [-0.05, 0) is 80.5 Å². The van der Waals surface area contributed by atoms with Crippen molar-refractivity contribution in [1.29, 1.82) is 0 Å². The van der Waals surface area contributed by atoms with Crippen LogP contribution in [0.1, 0.15) is 44.9 Å². The van der Waals surface area contributed by atoms with Crippen LogP contribution in [0.25, 0.3) is 0 Å². The molecule has 1 aromatic rings. The second-order valence-electron chi connectivity index (χ2n) is 9.44. The molecule has 0 aliphatic heterocycles. The van der Waals surface area contributed by atoms with Gasteiger partial charge < -0.3 is 26.0 Å². The molecule has 4 bridgehead atoms. The zero-order chi connectivity index (χ0) is 21.8. The van der Waals surface area contributed by atoms with Crippen molar-refractivity contribution >= 4 is 29.2 Å². The summed E-state index contributed by atoms with van der Waals surface area (Å²) in [4.78, 5) is 36.1. The molecule has 0 radical (unpaired) electrons. The van der Waals surface area contributed by atoms with E-state index in [2.05, 4.69) is 21.3 Å². The zero-order valence-electron chi connectivity index (χ0n) is 18.0. The topological polar surface area (TPSA) is 109 Å². The summed E-state index contributed by atoms with van der Waals surface area (Å²) in [6.45, 7) is 0.275. The molecular weight excluding hydrogens is 396 g/mol. The van der Waals surface area contributed by atoms with Crippen molar-refractivity contribution in [3.05, 3.63) is 24.3 Å². The van der Waals surface area contributed by atoms with Gasteiger partial charge >= 0.3 is 6.03 Å². The lowest BCUT2D eigenvalue weighted by Crippen LogP contribution is -2.61. The first kappa shape index (κ1) is 21.6. The Balaban J connectivity index is 1.17. The van der Waals surface area contributed by atoms with E-state index in [4.69, 9.17) is 4.74 Å². The first-order valence-corrected chi connectivity index (χ1v) is 11.2. The lowest BCUT2D eigenvalue weighted by molar-refractivity contribution is -0.119. The molecule has 4 aliphatic carbocycles. The minimum absolute atomic E-state index is 0.0120. The molecule has 0 saturated heterocycles. The molecule has 0 aromatic heterocycles. The number of anilines is 2. The van der Waals surface area contributed by atoms with E-state index in [9.17, 15) is 14.4 Å². The van der Waals surface area contributed by atoms with Gasteiger partial charge in [-0.2, -0.15) is 0 Å². The smallest absolute Gasteiger partial charge is 0.315 e. The van der Waals surface area contributed by atoms with Crippen molar-refractivity contribution in [3.63, 3.8) is 0 Å². The number of amides is 4. The number of rotatable bonds is 8. The van der Waals surface area contributed by atoms with Crippen molar-refractivity contribution < 1.29 is 19.1 Å². The van der Waals surface area contributed by atoms with E-state index in [0.29, 0.717) is 11.4 Å². The highest BCUT2D eigenvalue weighted by Crippen LogP contribution is 2.55. The lowest BCUT2D eigenvalue weighted by atomic mass is 9.53. The molecule has 8 nitrogen and oxygen atoms in total. The average molecular weight is 429 g/mol. The lowest BCUT2D eigenvalue weighted by Gasteiger charge is -2.56. The summed E-state index contributed by atoms with van der Waals surface area (Å²) >= 11 is 0. The summed E-state index contributed by atoms with van der Waals surface area (Å²) < 4.78 is 4.77. The molecular formula is C23H32N4O4. The number of hydrogen-bond donors (Lipinski definition) is 4. The molecule has 0 atom stereocenters. The van der Waals surface area contributed by atoms with Gasteiger partial charge in [-0.15, -0.1) is 0 Å². The first-order chi connectivity index (χ1) is 14.9. The van der Waals surface area contributed by atoms with E-state index in [1.807, 2.05) is 0 Å². The third-order valence-electron chi connectivity index (χ3n) is 6.78. The van der Waals surface area contributed by atoms with Gasteiger partial charge in [-0.1, -0.05) is 0 Å². The number of ether oxygens (including phenoxy) is 1. The van der Waals surface area contributed by atoms with Gasteiger partial charge in [0, 0.05) is 37.0 Å². The van der Waals surface area contributed by atoms with Crippen LogP contribution < -0.4 is 21.3 Å². The molecule has 4 N–H and O–H groups in total. The fourth-order valence-electron chi connectivity index (χ4n) is 6.03. The van der Waals surface area contributed by atoms with Crippen LogP contribution in [0.5, 0.6) is 0 Å². The zero-order valence-corrected chi connectivity index (χ0v) is 18.0. The van der Waals surface area contributed by atoms with Gasteiger partial charge in [0.15, 0.2) is 0 Å². The van der Waals surface area contributed by atoms with Gasteiger partial charge in [0.05, 0.1) is 0 Å². The normalized spacial score (nSPS) is 28.1. The second kappa shape index (κ2) is 9.26. The molecule has 0 heterocycles. The summed E-state index contributed by atoms with van der Waals surface area (Å²) in [5.41, 5.74) is 1.23. The fourth-order valence-corrected chi connectivity index (χ4v) is 6.03. The van der Waals surface area contributed by atoms with Crippen molar-refractivity contribution in [2.45, 2.75) is 50.5 Å². The molecule has 4 amide bonds. The van der Waals surface area contributed by atoms with E-state index in [1.165, 1.54) is 26.4 Å². The maximum absolute atomic E-state index is 12.4. The maximum atomic E-state index is 12.4. The molecule has 4 fully saturated rings. The number of benzene rings is 1. The van der Waals surface area contributed by atoms with Gasteiger partial charge in [0.25, 0.3) is 0 Å². The Kier molecular flexibility index (Phi) is 6.46. The average Bonchev–Trinajstić information content (AvgIpc) is 2.68. The molecule has 4 saturated carbocycles. The van der Waals surface area contributed by atoms with Gasteiger partial charge in [-0.3, -0.25) is 9.59 Å². The Morgan fingerprint density at radius 1 is 0.903 bits per heavy atom. The predicted molar refractivity (Wildman–Crippen MR) is 118 cm³/mol. The minimum atomic E-state index is -0.239. The number of methoxy groups -OCH3 is 1. The molecule has 1 aromatic carbocycles. The summed E-state index contributed by atoms with van der Waals surface area (Å²) in [6, 6.07) is 6.69. The number of nitrogens with one attached hydrogen (secondary N) is 4. The van der Waals surface area contributed by atoms with E-state index in [0.717, 1.165) is 37.0 Å². The van der Waals surface area contributed by atoms with E-state index >= 15 is 0 Å². The van der Waals surface area contributed by atoms with Crippen LogP contribution in [0.3, 0.4) is 0 Å². The third-order valence-corrected chi connectivity index (χ3v) is 6.78. The highest BCUT2D eigenvalue weighted by Gasteiger charge is 2.51. The Labute approximate surface area is 182 Å². The number of carbonyl (C=O) groups excluding carboxylic acids is 3. The maximum Gasteiger partial charge on any atom is 0.315 e. The molecule has 0 unspecified atom stereocenters. The van der Waals surface area contributed by atoms with Gasteiger partial charge in [0.1, 0.15) is 6.61 Å². The van der Waals surface area contributed by atoms with E-state index in [-0.39, 0.29) is 43.0 Å². The van der Waals surface area contributed by atoms with Crippen LogP contribution in [-0.2, 0) is 14.3 Å². The number of urea groups is 1. The minimum Gasteiger partial charge on any atom is -0.375 e. The highest BCUT2D eigenvalue weighted by molar-refractivity contribution is 5.93. The van der Waals surface area contributed by atoms with Crippen LogP contribution in [0, 0.1) is 17.8 Å². The predicted octanol–water partition coefficient (Wildman–Crippen LogP) is 2.87. The second-order valence-corrected chi connectivity index (χ2v) is 9.44. The Morgan fingerprint density at radius 3 is 1.94 bits per heavy atom. The highest BCUT2D eigenvalue weighted by atomic mass is 16.5. The monoisotopic (exact) mass is 428 g/mol. The Hall–Kier alpha value is -2.61. The molecule has 168 valence electrons. The quantitative estimate of drug-likeness (QED) is 0.510. The molecule has 0 spiro atoms. The summed E-state index contributed by atoms with van der Waals surface area (Å²) in [6.07, 6.45) is 7.52. The summed E-state index contributed by atoms with van der Waals surface area (Å²) in [5.74, 6) is 1.91. The van der Waals surface area contributed by atoms with Crippen LogP contribution >= 0.6 is 0 Å². The largest absolute Gasteiger partial charge is 0.375 e. The van der Waals surface area contributed by atoms with E-state index in [1.54, 1.807) is 24.3 Å². The van der Waals surface area contributed by atoms with Crippen molar-refractivity contribution in [2.24, 2.45) is 17.8 Å². The van der Waals surface area contributed by atoms with E-state index < -0.39 is 0 Å². The summed E-state index contributed by atoms with van der Waals surface area (Å²) in [5, 5.41) is 11.6. The summed E-state index contributed by atoms with van der Waals surface area (Å²) in [7, 11) is 1.46. The fraction of sp³-hybridized carbons (Fsp3) is 0.609. The van der Waals surface area contributed by atoms with Crippen LogP contribution in [0.2, 0.25) is 0 Å². The van der Waals surface area contributed by atoms with Gasteiger partial charge in [-0.25, -0.2) is 4.79 Å². The third kappa shape index (κ3) is 5.55. The number of carbonyl (C=O) groups is 3. The molecule has 5 rings (SSSR count). The van der Waals surface area contributed by atoms with Gasteiger partial charge in [0.2, 0.25) is 11.8 Å². The van der Waals surface area contributed by atoms with Crippen LogP contribution in [-0.4, -0.2) is 43.6 Å². The van der Waals surface area contributed by atoms with Crippen LogP contribution in [0.4, 0.5) is 16.2 Å². The Morgan fingerprint density at radius 2 is 1.42 bits per heavy atom. The standard InChI is InChI=1S/C23H32N4O4/c1-31-14-21(29)26-19-4-2-18(3-5-19)25-20(28)6-7-24-22(30)27-23-11-15-8-16(12-23)10-17(9-15)13-23/h2-5,15-17H,6-14H2,1H3,(H,25,28)(H,26,29)(H2,24,27,30).